The number of carbonyl (C=O) groups is 1. The van der Waals surface area contributed by atoms with E-state index in [1.807, 2.05) is 25.1 Å². The minimum absolute atomic E-state index is 0.119. The van der Waals surface area contributed by atoms with Gasteiger partial charge in [0.2, 0.25) is 5.91 Å². The van der Waals surface area contributed by atoms with E-state index >= 15 is 0 Å². The number of likely N-dealkylation sites (N-methyl/N-ethyl adjacent to an activating group) is 1. The molecule has 2 N–H and O–H groups in total. The monoisotopic (exact) mass is 330 g/mol. The Hall–Kier alpha value is -2.83. The summed E-state index contributed by atoms with van der Waals surface area (Å²) in [5.41, 5.74) is 1.23. The first-order valence-corrected chi connectivity index (χ1v) is 7.87. The number of rotatable bonds is 7. The zero-order valence-electron chi connectivity index (χ0n) is 13.9. The van der Waals surface area contributed by atoms with E-state index in [1.54, 1.807) is 0 Å². The standard InChI is InChI=1S/C17H22N4O3/c1-3-20(14-6-4-5-13(2)11-14)10-8-18-16(23)12-21-9-7-15(22)19-17(21)24/h4-7,9,11H,3,8,10,12H2,1-2H3,(H,18,23)(H,19,22,24). The molecule has 2 aromatic rings. The van der Waals surface area contributed by atoms with Gasteiger partial charge >= 0.3 is 5.69 Å². The normalized spacial score (nSPS) is 10.4. The van der Waals surface area contributed by atoms with E-state index in [9.17, 15) is 14.4 Å². The first-order chi connectivity index (χ1) is 11.5. The maximum absolute atomic E-state index is 11.9. The highest BCUT2D eigenvalue weighted by atomic mass is 16.2. The third kappa shape index (κ3) is 4.84. The molecule has 0 fully saturated rings. The number of nitrogens with one attached hydrogen (secondary N) is 2. The molecule has 1 aromatic heterocycles. The van der Waals surface area contributed by atoms with Gasteiger partial charge in [-0.25, -0.2) is 4.79 Å². The Morgan fingerprint density at radius 2 is 2.08 bits per heavy atom. The van der Waals surface area contributed by atoms with Gasteiger partial charge in [0.25, 0.3) is 5.56 Å². The molecule has 0 aliphatic heterocycles. The lowest BCUT2D eigenvalue weighted by molar-refractivity contribution is -0.121. The van der Waals surface area contributed by atoms with Gasteiger partial charge in [0.1, 0.15) is 6.54 Å². The van der Waals surface area contributed by atoms with Crippen molar-refractivity contribution < 1.29 is 4.79 Å². The van der Waals surface area contributed by atoms with Crippen molar-refractivity contribution in [2.75, 3.05) is 24.5 Å². The van der Waals surface area contributed by atoms with Crippen LogP contribution in [0.4, 0.5) is 5.69 Å². The van der Waals surface area contributed by atoms with Crippen molar-refractivity contribution in [3.8, 4) is 0 Å². The molecule has 1 heterocycles. The van der Waals surface area contributed by atoms with Crippen LogP contribution in [0.5, 0.6) is 0 Å². The van der Waals surface area contributed by atoms with Crippen LogP contribution in [0.15, 0.2) is 46.1 Å². The summed E-state index contributed by atoms with van der Waals surface area (Å²) in [6, 6.07) is 9.41. The van der Waals surface area contributed by atoms with Crippen LogP contribution in [0.25, 0.3) is 0 Å². The molecule has 0 aliphatic rings. The number of anilines is 1. The van der Waals surface area contributed by atoms with Crippen molar-refractivity contribution in [1.82, 2.24) is 14.9 Å². The van der Waals surface area contributed by atoms with Crippen molar-refractivity contribution in [3.63, 3.8) is 0 Å². The van der Waals surface area contributed by atoms with Gasteiger partial charge in [0, 0.05) is 37.6 Å². The Morgan fingerprint density at radius 3 is 2.75 bits per heavy atom. The van der Waals surface area contributed by atoms with Crippen LogP contribution in [-0.2, 0) is 11.3 Å². The van der Waals surface area contributed by atoms with E-state index in [1.165, 1.54) is 17.8 Å². The fourth-order valence-corrected chi connectivity index (χ4v) is 2.40. The Bertz CT molecular complexity index is 810. The lowest BCUT2D eigenvalue weighted by Crippen LogP contribution is -2.39. The van der Waals surface area contributed by atoms with E-state index in [0.29, 0.717) is 13.1 Å². The molecule has 0 unspecified atom stereocenters. The van der Waals surface area contributed by atoms with Crippen LogP contribution >= 0.6 is 0 Å². The third-order valence-corrected chi connectivity index (χ3v) is 3.66. The number of hydrogen-bond acceptors (Lipinski definition) is 4. The van der Waals surface area contributed by atoms with Crippen LogP contribution in [0.1, 0.15) is 12.5 Å². The fraction of sp³-hybridized carbons (Fsp3) is 0.353. The number of carbonyl (C=O) groups excluding carboxylic acids is 1. The Kier molecular flexibility index (Phi) is 5.95. The zero-order chi connectivity index (χ0) is 17.5. The summed E-state index contributed by atoms with van der Waals surface area (Å²) >= 11 is 0. The van der Waals surface area contributed by atoms with Gasteiger partial charge in [-0.05, 0) is 31.5 Å². The molecular weight excluding hydrogens is 308 g/mol. The first-order valence-electron chi connectivity index (χ1n) is 7.87. The van der Waals surface area contributed by atoms with Crippen molar-refractivity contribution in [2.45, 2.75) is 20.4 Å². The van der Waals surface area contributed by atoms with Gasteiger partial charge in [-0.1, -0.05) is 12.1 Å². The fourth-order valence-electron chi connectivity index (χ4n) is 2.40. The average Bonchev–Trinajstić information content (AvgIpc) is 2.54. The number of benzene rings is 1. The summed E-state index contributed by atoms with van der Waals surface area (Å²) < 4.78 is 1.16. The highest BCUT2D eigenvalue weighted by molar-refractivity contribution is 5.75. The van der Waals surface area contributed by atoms with Gasteiger partial charge < -0.3 is 10.2 Å². The predicted molar refractivity (Wildman–Crippen MR) is 93.4 cm³/mol. The molecule has 24 heavy (non-hydrogen) atoms. The molecule has 0 spiro atoms. The molecule has 0 saturated carbocycles. The molecule has 1 amide bonds. The minimum atomic E-state index is -0.590. The van der Waals surface area contributed by atoms with Gasteiger partial charge in [0.05, 0.1) is 0 Å². The molecule has 7 nitrogen and oxygen atoms in total. The highest BCUT2D eigenvalue weighted by Crippen LogP contribution is 2.14. The number of aromatic amines is 1. The summed E-state index contributed by atoms with van der Waals surface area (Å²) in [6.07, 6.45) is 1.31. The maximum atomic E-state index is 11.9. The number of hydrogen-bond donors (Lipinski definition) is 2. The molecule has 0 radical (unpaired) electrons. The molecular formula is C17H22N4O3. The molecule has 1 aromatic carbocycles. The Labute approximate surface area is 139 Å². The topological polar surface area (TPSA) is 87.2 Å². The van der Waals surface area contributed by atoms with Gasteiger partial charge in [0.15, 0.2) is 0 Å². The molecule has 2 rings (SSSR count). The van der Waals surface area contributed by atoms with Gasteiger partial charge in [-0.15, -0.1) is 0 Å². The molecule has 128 valence electrons. The molecule has 0 saturated heterocycles. The second-order valence-corrected chi connectivity index (χ2v) is 5.51. The highest BCUT2D eigenvalue weighted by Gasteiger charge is 2.07. The largest absolute Gasteiger partial charge is 0.370 e. The number of aryl methyl sites for hydroxylation is 1. The lowest BCUT2D eigenvalue weighted by Gasteiger charge is -2.23. The zero-order valence-corrected chi connectivity index (χ0v) is 13.9. The Balaban J connectivity index is 1.87. The van der Waals surface area contributed by atoms with E-state index in [2.05, 4.69) is 28.2 Å². The van der Waals surface area contributed by atoms with E-state index < -0.39 is 11.2 Å². The van der Waals surface area contributed by atoms with Crippen molar-refractivity contribution in [1.29, 1.82) is 0 Å². The van der Waals surface area contributed by atoms with Crippen molar-refractivity contribution in [2.24, 2.45) is 0 Å². The van der Waals surface area contributed by atoms with E-state index in [-0.39, 0.29) is 12.5 Å². The lowest BCUT2D eigenvalue weighted by atomic mass is 10.2. The summed E-state index contributed by atoms with van der Waals surface area (Å²) in [7, 11) is 0. The average molecular weight is 330 g/mol. The second kappa shape index (κ2) is 8.14. The van der Waals surface area contributed by atoms with Crippen molar-refractivity contribution in [3.05, 3.63) is 62.9 Å². The summed E-state index contributed by atoms with van der Waals surface area (Å²) in [6.45, 7) is 5.96. The minimum Gasteiger partial charge on any atom is -0.370 e. The summed E-state index contributed by atoms with van der Waals surface area (Å²) in [5.74, 6) is -0.274. The number of nitrogens with zero attached hydrogens (tertiary/aromatic N) is 2. The van der Waals surface area contributed by atoms with E-state index in [4.69, 9.17) is 0 Å². The SMILES string of the molecule is CCN(CCNC(=O)Cn1ccc(=O)[nH]c1=O)c1cccc(C)c1. The molecule has 0 aliphatic carbocycles. The Morgan fingerprint density at radius 1 is 1.29 bits per heavy atom. The van der Waals surface area contributed by atoms with E-state index in [0.717, 1.165) is 16.8 Å². The van der Waals surface area contributed by atoms with Crippen LogP contribution in [0, 0.1) is 6.92 Å². The van der Waals surface area contributed by atoms with Crippen LogP contribution in [-0.4, -0.2) is 35.1 Å². The first kappa shape index (κ1) is 17.5. The van der Waals surface area contributed by atoms with Crippen LogP contribution in [0.3, 0.4) is 0 Å². The quantitative estimate of drug-likeness (QED) is 0.773. The van der Waals surface area contributed by atoms with Gasteiger partial charge in [-0.3, -0.25) is 19.1 Å². The molecule has 0 atom stereocenters. The maximum Gasteiger partial charge on any atom is 0.328 e. The second-order valence-electron chi connectivity index (χ2n) is 5.51. The van der Waals surface area contributed by atoms with Crippen molar-refractivity contribution >= 4 is 11.6 Å². The molecule has 7 heteroatoms. The predicted octanol–water partition coefficient (Wildman–Crippen LogP) is 0.488. The number of amides is 1. The van der Waals surface area contributed by atoms with Crippen LogP contribution in [0.2, 0.25) is 0 Å². The number of H-pyrrole nitrogens is 1. The smallest absolute Gasteiger partial charge is 0.328 e. The van der Waals surface area contributed by atoms with Gasteiger partial charge in [-0.2, -0.15) is 0 Å². The molecule has 0 bridgehead atoms. The third-order valence-electron chi connectivity index (χ3n) is 3.66. The van der Waals surface area contributed by atoms with Crippen LogP contribution < -0.4 is 21.5 Å². The summed E-state index contributed by atoms with van der Waals surface area (Å²) in [4.78, 5) is 38.7. The number of aromatic nitrogens is 2. The summed E-state index contributed by atoms with van der Waals surface area (Å²) in [5, 5.41) is 2.79.